The molecule has 2 saturated heterocycles. The van der Waals surface area contributed by atoms with Crippen LogP contribution in [0.15, 0.2) is 4.99 Å². The summed E-state index contributed by atoms with van der Waals surface area (Å²) in [5.74, 6) is 2.21. The first-order chi connectivity index (χ1) is 14.0. The standard InChI is InChI=1S/C22H46N6O.HI/c1-6-23-22(24-16-20(4)18-27-9-7-26(5)8-10-27)25-17-21(15-19(2)3)28-11-13-29-14-12-28;/h19-21H,6-18H2,1-5H3,(H2,23,24,25);1H. The molecular formula is C22H47IN6O. The number of ether oxygens (including phenoxy) is 1. The number of likely N-dealkylation sites (N-methyl/N-ethyl adjacent to an activating group) is 1. The van der Waals surface area contributed by atoms with Gasteiger partial charge in [-0.05, 0) is 32.2 Å². The van der Waals surface area contributed by atoms with E-state index in [0.29, 0.717) is 17.9 Å². The van der Waals surface area contributed by atoms with Gasteiger partial charge in [0.2, 0.25) is 0 Å². The molecule has 2 rings (SSSR count). The van der Waals surface area contributed by atoms with Crippen molar-refractivity contribution in [3.05, 3.63) is 0 Å². The Balaban J connectivity index is 0.00000450. The summed E-state index contributed by atoms with van der Waals surface area (Å²) in [4.78, 5) is 12.5. The van der Waals surface area contributed by atoms with E-state index in [2.05, 4.69) is 60.1 Å². The van der Waals surface area contributed by atoms with Gasteiger partial charge in [0.15, 0.2) is 5.96 Å². The molecule has 2 unspecified atom stereocenters. The fraction of sp³-hybridized carbons (Fsp3) is 0.955. The molecule has 2 fully saturated rings. The topological polar surface area (TPSA) is 55.4 Å². The first-order valence-electron chi connectivity index (χ1n) is 11.7. The van der Waals surface area contributed by atoms with E-state index >= 15 is 0 Å². The summed E-state index contributed by atoms with van der Waals surface area (Å²) >= 11 is 0. The molecule has 0 amide bonds. The van der Waals surface area contributed by atoms with Crippen LogP contribution in [0.3, 0.4) is 0 Å². The van der Waals surface area contributed by atoms with Crippen molar-refractivity contribution in [2.45, 2.75) is 40.2 Å². The number of nitrogens with zero attached hydrogens (tertiary/aromatic N) is 4. The molecule has 0 aromatic rings. The number of rotatable bonds is 10. The predicted octanol–water partition coefficient (Wildman–Crippen LogP) is 1.79. The number of morpholine rings is 1. The molecule has 0 aromatic carbocycles. The second-order valence-corrected chi connectivity index (χ2v) is 9.24. The van der Waals surface area contributed by atoms with Crippen molar-refractivity contribution in [3.8, 4) is 0 Å². The van der Waals surface area contributed by atoms with Crippen LogP contribution in [0.25, 0.3) is 0 Å². The number of aliphatic imine (C=N–C) groups is 1. The zero-order valence-electron chi connectivity index (χ0n) is 20.0. The Morgan fingerprint density at radius 2 is 1.67 bits per heavy atom. The normalized spacial score (nSPS) is 21.9. The van der Waals surface area contributed by atoms with Gasteiger partial charge in [-0.3, -0.25) is 9.89 Å². The highest BCUT2D eigenvalue weighted by Gasteiger charge is 2.22. The number of hydrogen-bond donors (Lipinski definition) is 2. The van der Waals surface area contributed by atoms with E-state index in [-0.39, 0.29) is 24.0 Å². The van der Waals surface area contributed by atoms with Gasteiger partial charge < -0.3 is 25.2 Å². The summed E-state index contributed by atoms with van der Waals surface area (Å²) in [6.45, 7) is 21.4. The fourth-order valence-electron chi connectivity index (χ4n) is 4.18. The van der Waals surface area contributed by atoms with Gasteiger partial charge in [0, 0.05) is 71.5 Å². The van der Waals surface area contributed by atoms with Gasteiger partial charge in [-0.25, -0.2) is 0 Å². The summed E-state index contributed by atoms with van der Waals surface area (Å²) in [6.07, 6.45) is 1.20. The minimum atomic E-state index is 0. The molecule has 0 bridgehead atoms. The number of nitrogens with one attached hydrogen (secondary N) is 2. The van der Waals surface area contributed by atoms with Gasteiger partial charge in [-0.15, -0.1) is 24.0 Å². The van der Waals surface area contributed by atoms with Crippen LogP contribution in [0.5, 0.6) is 0 Å². The van der Waals surface area contributed by atoms with Crippen LogP contribution in [0.2, 0.25) is 0 Å². The van der Waals surface area contributed by atoms with E-state index in [1.54, 1.807) is 0 Å². The highest BCUT2D eigenvalue weighted by molar-refractivity contribution is 14.0. The van der Waals surface area contributed by atoms with Crippen LogP contribution >= 0.6 is 24.0 Å². The average molecular weight is 539 g/mol. The number of halogens is 1. The molecule has 0 radical (unpaired) electrons. The summed E-state index contributed by atoms with van der Waals surface area (Å²) in [5, 5.41) is 7.06. The van der Waals surface area contributed by atoms with Crippen molar-refractivity contribution in [1.82, 2.24) is 25.3 Å². The Morgan fingerprint density at radius 3 is 2.27 bits per heavy atom. The van der Waals surface area contributed by atoms with Crippen molar-refractivity contribution in [2.75, 3.05) is 85.7 Å². The molecule has 2 aliphatic rings. The highest BCUT2D eigenvalue weighted by Crippen LogP contribution is 2.13. The van der Waals surface area contributed by atoms with E-state index in [4.69, 9.17) is 9.73 Å². The van der Waals surface area contributed by atoms with Crippen LogP contribution < -0.4 is 10.6 Å². The molecule has 2 N–H and O–H groups in total. The number of guanidine groups is 1. The SMILES string of the molecule is CCNC(=NCC(C)CN1CCN(C)CC1)NCC(CC(C)C)N1CCOCC1.I. The monoisotopic (exact) mass is 538 g/mol. The zero-order valence-corrected chi connectivity index (χ0v) is 22.4. The molecular weight excluding hydrogens is 491 g/mol. The quantitative estimate of drug-likeness (QED) is 0.252. The van der Waals surface area contributed by atoms with Crippen LogP contribution in [0.4, 0.5) is 0 Å². The molecule has 2 atom stereocenters. The van der Waals surface area contributed by atoms with Crippen molar-refractivity contribution in [2.24, 2.45) is 16.8 Å². The van der Waals surface area contributed by atoms with Crippen molar-refractivity contribution < 1.29 is 4.74 Å². The number of hydrogen-bond acceptors (Lipinski definition) is 5. The first kappa shape index (κ1) is 27.9. The molecule has 0 saturated carbocycles. The third-order valence-corrected chi connectivity index (χ3v) is 5.88. The minimum absolute atomic E-state index is 0. The Kier molecular flexibility index (Phi) is 14.5. The lowest BCUT2D eigenvalue weighted by atomic mass is 10.0. The van der Waals surface area contributed by atoms with Crippen LogP contribution in [-0.2, 0) is 4.74 Å². The molecule has 2 aliphatic heterocycles. The van der Waals surface area contributed by atoms with Gasteiger partial charge in [-0.2, -0.15) is 0 Å². The van der Waals surface area contributed by atoms with E-state index in [1.807, 2.05) is 0 Å². The van der Waals surface area contributed by atoms with Gasteiger partial charge >= 0.3 is 0 Å². The highest BCUT2D eigenvalue weighted by atomic mass is 127. The van der Waals surface area contributed by atoms with Crippen molar-refractivity contribution in [3.63, 3.8) is 0 Å². The summed E-state index contributed by atoms with van der Waals surface area (Å²) in [5.41, 5.74) is 0. The second-order valence-electron chi connectivity index (χ2n) is 9.24. The van der Waals surface area contributed by atoms with Crippen LogP contribution in [0.1, 0.15) is 34.1 Å². The lowest BCUT2D eigenvalue weighted by Crippen LogP contribution is -2.51. The van der Waals surface area contributed by atoms with Gasteiger partial charge in [0.1, 0.15) is 0 Å². The van der Waals surface area contributed by atoms with E-state index in [0.717, 1.165) is 58.4 Å². The Hall–Kier alpha value is -0.160. The molecule has 0 aliphatic carbocycles. The number of piperazine rings is 1. The van der Waals surface area contributed by atoms with Gasteiger partial charge in [0.25, 0.3) is 0 Å². The van der Waals surface area contributed by atoms with Gasteiger partial charge in [-0.1, -0.05) is 20.8 Å². The summed E-state index contributed by atoms with van der Waals surface area (Å²) in [6, 6.07) is 0.533. The molecule has 0 aromatic heterocycles. The predicted molar refractivity (Wildman–Crippen MR) is 138 cm³/mol. The van der Waals surface area contributed by atoms with Crippen LogP contribution in [0, 0.1) is 11.8 Å². The van der Waals surface area contributed by atoms with Crippen molar-refractivity contribution in [1.29, 1.82) is 0 Å². The smallest absolute Gasteiger partial charge is 0.191 e. The Labute approximate surface area is 202 Å². The summed E-state index contributed by atoms with van der Waals surface area (Å²) < 4.78 is 5.55. The van der Waals surface area contributed by atoms with Crippen molar-refractivity contribution >= 4 is 29.9 Å². The van der Waals surface area contributed by atoms with E-state index in [1.165, 1.54) is 32.6 Å². The van der Waals surface area contributed by atoms with Gasteiger partial charge in [0.05, 0.1) is 13.2 Å². The second kappa shape index (κ2) is 15.6. The maximum atomic E-state index is 5.55. The van der Waals surface area contributed by atoms with E-state index < -0.39 is 0 Å². The average Bonchev–Trinajstić information content (AvgIpc) is 2.71. The molecule has 2 heterocycles. The maximum absolute atomic E-state index is 5.55. The minimum Gasteiger partial charge on any atom is -0.379 e. The Bertz CT molecular complexity index is 465. The fourth-order valence-corrected chi connectivity index (χ4v) is 4.18. The molecule has 0 spiro atoms. The largest absolute Gasteiger partial charge is 0.379 e. The molecule has 30 heavy (non-hydrogen) atoms. The van der Waals surface area contributed by atoms with Crippen LogP contribution in [-0.4, -0.2) is 112 Å². The lowest BCUT2D eigenvalue weighted by Gasteiger charge is -2.36. The third kappa shape index (κ3) is 10.9. The summed E-state index contributed by atoms with van der Waals surface area (Å²) in [7, 11) is 2.21. The van der Waals surface area contributed by atoms with E-state index in [9.17, 15) is 0 Å². The molecule has 178 valence electrons. The Morgan fingerprint density at radius 1 is 1.00 bits per heavy atom. The zero-order chi connectivity index (χ0) is 21.1. The maximum Gasteiger partial charge on any atom is 0.191 e. The molecule has 8 heteroatoms. The first-order valence-corrected chi connectivity index (χ1v) is 11.7. The molecule has 7 nitrogen and oxygen atoms in total. The third-order valence-electron chi connectivity index (χ3n) is 5.88. The lowest BCUT2D eigenvalue weighted by molar-refractivity contribution is 0.0132.